The quantitative estimate of drug-likeness (QED) is 0.773. The van der Waals surface area contributed by atoms with Gasteiger partial charge in [0.05, 0.1) is 0 Å². The van der Waals surface area contributed by atoms with Gasteiger partial charge in [-0.1, -0.05) is 34.1 Å². The highest BCUT2D eigenvalue weighted by Gasteiger charge is 2.64. The molecule has 0 spiro atoms. The summed E-state index contributed by atoms with van der Waals surface area (Å²) >= 11 is 0. The second kappa shape index (κ2) is 3.99. The van der Waals surface area contributed by atoms with Gasteiger partial charge in [-0.25, -0.2) is 0 Å². The van der Waals surface area contributed by atoms with E-state index < -0.39 is 0 Å². The molecule has 2 unspecified atom stereocenters. The first-order chi connectivity index (χ1) is 7.35. The van der Waals surface area contributed by atoms with Gasteiger partial charge in [-0.3, -0.25) is 0 Å². The highest BCUT2D eigenvalue weighted by atomic mass is 15.0. The molecule has 0 aromatic carbocycles. The maximum Gasteiger partial charge on any atom is 0.0181 e. The Balaban J connectivity index is 1.77. The van der Waals surface area contributed by atoms with Crippen molar-refractivity contribution >= 4 is 0 Å². The Labute approximate surface area is 100 Å². The van der Waals surface area contributed by atoms with Crippen LogP contribution in [0, 0.1) is 16.7 Å². The van der Waals surface area contributed by atoms with E-state index in [-0.39, 0.29) is 0 Å². The van der Waals surface area contributed by atoms with Crippen molar-refractivity contribution in [3.05, 3.63) is 0 Å². The Kier molecular flexibility index (Phi) is 3.09. The summed E-state index contributed by atoms with van der Waals surface area (Å²) in [6, 6.07) is 1.15. The Bertz CT molecular complexity index is 243. The van der Waals surface area contributed by atoms with E-state index in [4.69, 9.17) is 5.73 Å². The lowest BCUT2D eigenvalue weighted by Crippen LogP contribution is -2.35. The molecule has 0 aliphatic heterocycles. The third kappa shape index (κ3) is 2.02. The van der Waals surface area contributed by atoms with Crippen LogP contribution in [0.1, 0.15) is 53.4 Å². The van der Waals surface area contributed by atoms with Crippen LogP contribution < -0.4 is 11.1 Å². The molecule has 2 aliphatic rings. The van der Waals surface area contributed by atoms with Gasteiger partial charge in [-0.15, -0.1) is 0 Å². The fourth-order valence-electron chi connectivity index (χ4n) is 3.51. The zero-order valence-corrected chi connectivity index (χ0v) is 11.3. The second-order valence-electron chi connectivity index (χ2n) is 7.08. The van der Waals surface area contributed by atoms with E-state index in [0.717, 1.165) is 5.92 Å². The predicted molar refractivity (Wildman–Crippen MR) is 69.3 cm³/mol. The number of nitrogens with one attached hydrogen (secondary N) is 1. The molecule has 2 nitrogen and oxygen atoms in total. The van der Waals surface area contributed by atoms with Crippen molar-refractivity contribution in [1.82, 2.24) is 5.32 Å². The van der Waals surface area contributed by atoms with Crippen molar-refractivity contribution in [2.75, 3.05) is 6.54 Å². The van der Waals surface area contributed by atoms with Crippen LogP contribution in [-0.4, -0.2) is 18.6 Å². The molecule has 0 aromatic rings. The van der Waals surface area contributed by atoms with E-state index in [1.807, 2.05) is 0 Å². The Morgan fingerprint density at radius 3 is 2.25 bits per heavy atom. The Morgan fingerprint density at radius 2 is 1.75 bits per heavy atom. The molecule has 0 radical (unpaired) electrons. The van der Waals surface area contributed by atoms with Crippen molar-refractivity contribution in [2.24, 2.45) is 22.5 Å². The Hall–Kier alpha value is -0.0800. The summed E-state index contributed by atoms with van der Waals surface area (Å²) < 4.78 is 0. The average Bonchev–Trinajstić information content (AvgIpc) is 2.55. The minimum absolute atomic E-state index is 0.459. The van der Waals surface area contributed by atoms with Gasteiger partial charge < -0.3 is 11.1 Å². The minimum Gasteiger partial charge on any atom is -0.328 e. The van der Waals surface area contributed by atoms with Crippen LogP contribution in [0.15, 0.2) is 0 Å². The van der Waals surface area contributed by atoms with Crippen LogP contribution >= 0.6 is 0 Å². The minimum atomic E-state index is 0.459. The van der Waals surface area contributed by atoms with Crippen molar-refractivity contribution in [3.8, 4) is 0 Å². The number of nitrogens with two attached hydrogens (primary N) is 1. The number of hydrogen-bond donors (Lipinski definition) is 2. The lowest BCUT2D eigenvalue weighted by atomic mass is 9.86. The molecule has 2 atom stereocenters. The van der Waals surface area contributed by atoms with Gasteiger partial charge in [0.15, 0.2) is 0 Å². The molecule has 2 fully saturated rings. The van der Waals surface area contributed by atoms with E-state index in [9.17, 15) is 0 Å². The summed E-state index contributed by atoms with van der Waals surface area (Å²) in [7, 11) is 0. The third-order valence-corrected chi connectivity index (χ3v) is 5.45. The summed E-state index contributed by atoms with van der Waals surface area (Å²) in [5, 5.41) is 3.77. The molecule has 3 N–H and O–H groups in total. The lowest BCUT2D eigenvalue weighted by molar-refractivity contribution is 0.305. The highest BCUT2D eigenvalue weighted by Crippen LogP contribution is 2.62. The summed E-state index contributed by atoms with van der Waals surface area (Å²) in [5.74, 6) is 0.816. The average molecular weight is 224 g/mol. The lowest BCUT2D eigenvalue weighted by Gasteiger charge is -2.27. The highest BCUT2D eigenvalue weighted by molar-refractivity contribution is 5.17. The van der Waals surface area contributed by atoms with Crippen molar-refractivity contribution in [2.45, 2.75) is 65.5 Å². The van der Waals surface area contributed by atoms with Gasteiger partial charge in [0, 0.05) is 12.1 Å². The van der Waals surface area contributed by atoms with Crippen molar-refractivity contribution < 1.29 is 0 Å². The number of rotatable bonds is 3. The maximum atomic E-state index is 6.03. The van der Waals surface area contributed by atoms with E-state index in [1.165, 1.54) is 32.2 Å². The molecule has 0 saturated heterocycles. The monoisotopic (exact) mass is 224 g/mol. The smallest absolute Gasteiger partial charge is 0.0181 e. The molecule has 0 aromatic heterocycles. The van der Waals surface area contributed by atoms with Gasteiger partial charge in [-0.05, 0) is 42.6 Å². The van der Waals surface area contributed by atoms with Crippen molar-refractivity contribution in [3.63, 3.8) is 0 Å². The van der Waals surface area contributed by atoms with E-state index in [2.05, 4.69) is 33.0 Å². The molecule has 2 rings (SSSR count). The second-order valence-corrected chi connectivity index (χ2v) is 7.08. The molecule has 16 heavy (non-hydrogen) atoms. The molecular weight excluding hydrogens is 196 g/mol. The van der Waals surface area contributed by atoms with E-state index >= 15 is 0 Å². The number of hydrogen-bond acceptors (Lipinski definition) is 2. The normalized spacial score (nSPS) is 37.3. The SMILES string of the molecule is CC1(C)C(NCC2CCCC(N)C2)C1(C)C. The van der Waals surface area contributed by atoms with Gasteiger partial charge >= 0.3 is 0 Å². The zero-order chi connectivity index (χ0) is 12.0. The largest absolute Gasteiger partial charge is 0.328 e. The molecule has 0 bridgehead atoms. The molecule has 2 saturated carbocycles. The fourth-order valence-corrected chi connectivity index (χ4v) is 3.51. The van der Waals surface area contributed by atoms with Crippen LogP contribution in [0.4, 0.5) is 0 Å². The van der Waals surface area contributed by atoms with Gasteiger partial charge in [0.2, 0.25) is 0 Å². The Morgan fingerprint density at radius 1 is 1.12 bits per heavy atom. The van der Waals surface area contributed by atoms with E-state index in [0.29, 0.717) is 22.9 Å². The molecule has 0 amide bonds. The van der Waals surface area contributed by atoms with Crippen LogP contribution in [0.5, 0.6) is 0 Å². The fraction of sp³-hybridized carbons (Fsp3) is 1.00. The zero-order valence-electron chi connectivity index (χ0n) is 11.3. The molecule has 2 aliphatic carbocycles. The van der Waals surface area contributed by atoms with E-state index in [1.54, 1.807) is 0 Å². The summed E-state index contributed by atoms with van der Waals surface area (Å²) in [5.41, 5.74) is 6.95. The topological polar surface area (TPSA) is 38.0 Å². The van der Waals surface area contributed by atoms with Crippen LogP contribution in [0.25, 0.3) is 0 Å². The standard InChI is InChI=1S/C14H28N2/c1-13(2)12(14(13,3)4)16-9-10-6-5-7-11(15)8-10/h10-12,16H,5-9,15H2,1-4H3. The van der Waals surface area contributed by atoms with Crippen LogP contribution in [0.3, 0.4) is 0 Å². The maximum absolute atomic E-state index is 6.03. The first-order valence-corrected chi connectivity index (χ1v) is 6.84. The summed E-state index contributed by atoms with van der Waals surface area (Å²) in [6.45, 7) is 10.7. The summed E-state index contributed by atoms with van der Waals surface area (Å²) in [6.07, 6.45) is 5.15. The molecule has 2 heteroatoms. The van der Waals surface area contributed by atoms with Crippen LogP contribution in [-0.2, 0) is 0 Å². The third-order valence-electron chi connectivity index (χ3n) is 5.45. The van der Waals surface area contributed by atoms with Gasteiger partial charge in [0.25, 0.3) is 0 Å². The predicted octanol–water partition coefficient (Wildman–Crippen LogP) is 2.53. The molecule has 94 valence electrons. The van der Waals surface area contributed by atoms with Gasteiger partial charge in [0.1, 0.15) is 0 Å². The molecule has 0 heterocycles. The first-order valence-electron chi connectivity index (χ1n) is 6.84. The van der Waals surface area contributed by atoms with Crippen molar-refractivity contribution in [1.29, 1.82) is 0 Å². The van der Waals surface area contributed by atoms with Gasteiger partial charge in [-0.2, -0.15) is 0 Å². The molecular formula is C14H28N2. The van der Waals surface area contributed by atoms with Crippen LogP contribution in [0.2, 0.25) is 0 Å². The summed E-state index contributed by atoms with van der Waals surface area (Å²) in [4.78, 5) is 0. The first kappa shape index (κ1) is 12.4.